The molecule has 1 N–H and O–H groups in total. The summed E-state index contributed by atoms with van der Waals surface area (Å²) < 4.78 is 36.9. The molecule has 0 radical (unpaired) electrons. The molecule has 1 aliphatic rings. The molecule has 23 heavy (non-hydrogen) atoms. The van der Waals surface area contributed by atoms with Crippen LogP contribution in [0.5, 0.6) is 11.5 Å². The second-order valence-corrected chi connectivity index (χ2v) is 4.90. The largest absolute Gasteiger partial charge is 0.454 e. The van der Waals surface area contributed by atoms with Crippen LogP contribution in [0, 0.1) is 11.6 Å². The molecule has 1 aliphatic heterocycles. The maximum atomic E-state index is 13.4. The Balaban J connectivity index is 1.60. The minimum absolute atomic E-state index is 0.0894. The Morgan fingerprint density at radius 2 is 1.96 bits per heavy atom. The van der Waals surface area contributed by atoms with E-state index in [-0.39, 0.29) is 18.9 Å². The Morgan fingerprint density at radius 1 is 1.13 bits per heavy atom. The molecule has 118 valence electrons. The quantitative estimate of drug-likeness (QED) is 0.882. The van der Waals surface area contributed by atoms with E-state index in [1.165, 1.54) is 6.08 Å². The zero-order valence-electron chi connectivity index (χ0n) is 12.0. The van der Waals surface area contributed by atoms with Crippen LogP contribution in [0.2, 0.25) is 0 Å². The number of amides is 1. The van der Waals surface area contributed by atoms with Gasteiger partial charge in [0.25, 0.3) is 0 Å². The van der Waals surface area contributed by atoms with E-state index >= 15 is 0 Å². The van der Waals surface area contributed by atoms with Crippen LogP contribution < -0.4 is 14.8 Å². The second kappa shape index (κ2) is 6.48. The summed E-state index contributed by atoms with van der Waals surface area (Å²) in [4.78, 5) is 11.7. The molecule has 1 amide bonds. The van der Waals surface area contributed by atoms with Crippen molar-refractivity contribution in [1.82, 2.24) is 5.32 Å². The van der Waals surface area contributed by atoms with Gasteiger partial charge in [-0.3, -0.25) is 4.79 Å². The van der Waals surface area contributed by atoms with Gasteiger partial charge in [0.15, 0.2) is 11.5 Å². The molecule has 0 fully saturated rings. The number of halogens is 2. The van der Waals surface area contributed by atoms with Crippen molar-refractivity contribution in [2.75, 3.05) is 6.79 Å². The lowest BCUT2D eigenvalue weighted by atomic mass is 10.2. The molecule has 4 nitrogen and oxygen atoms in total. The third-order valence-corrected chi connectivity index (χ3v) is 3.28. The molecule has 0 aromatic heterocycles. The standard InChI is InChI=1S/C17H13F2NO3/c18-13-3-4-14(19)12(8-13)9-20-17(21)6-2-11-1-5-15-16(7-11)23-10-22-15/h1-8H,9-10H2,(H,20,21)/b6-2+. The lowest BCUT2D eigenvalue weighted by Gasteiger charge is -2.04. The predicted molar refractivity (Wildman–Crippen MR) is 79.8 cm³/mol. The molecule has 6 heteroatoms. The Morgan fingerprint density at radius 3 is 2.83 bits per heavy atom. The van der Waals surface area contributed by atoms with E-state index in [0.29, 0.717) is 11.5 Å². The van der Waals surface area contributed by atoms with Crippen molar-refractivity contribution < 1.29 is 23.0 Å². The number of hydrogen-bond acceptors (Lipinski definition) is 3. The van der Waals surface area contributed by atoms with Gasteiger partial charge >= 0.3 is 0 Å². The number of carbonyl (C=O) groups is 1. The summed E-state index contributed by atoms with van der Waals surface area (Å²) in [6.07, 6.45) is 2.91. The maximum Gasteiger partial charge on any atom is 0.244 e. The van der Waals surface area contributed by atoms with E-state index in [9.17, 15) is 13.6 Å². The molecule has 2 aromatic carbocycles. The van der Waals surface area contributed by atoms with Crippen molar-refractivity contribution in [2.45, 2.75) is 6.54 Å². The third kappa shape index (κ3) is 3.66. The van der Waals surface area contributed by atoms with Gasteiger partial charge in [0, 0.05) is 18.2 Å². The van der Waals surface area contributed by atoms with Crippen molar-refractivity contribution >= 4 is 12.0 Å². The maximum absolute atomic E-state index is 13.4. The summed E-state index contributed by atoms with van der Waals surface area (Å²) in [5.74, 6) is -0.244. The van der Waals surface area contributed by atoms with Gasteiger partial charge < -0.3 is 14.8 Å². The Bertz CT molecular complexity index is 774. The normalized spacial score (nSPS) is 12.6. The van der Waals surface area contributed by atoms with Gasteiger partial charge in [-0.2, -0.15) is 0 Å². The Labute approximate surface area is 131 Å². The first-order valence-corrected chi connectivity index (χ1v) is 6.91. The number of carbonyl (C=O) groups excluding carboxylic acids is 1. The predicted octanol–water partition coefficient (Wildman–Crippen LogP) is 3.02. The zero-order chi connectivity index (χ0) is 16.2. The van der Waals surface area contributed by atoms with Gasteiger partial charge in [0.2, 0.25) is 12.7 Å². The number of ether oxygens (including phenoxy) is 2. The monoisotopic (exact) mass is 317 g/mol. The van der Waals surface area contributed by atoms with E-state index in [1.54, 1.807) is 24.3 Å². The van der Waals surface area contributed by atoms with Gasteiger partial charge in [-0.05, 0) is 42.0 Å². The molecule has 0 spiro atoms. The van der Waals surface area contributed by atoms with Crippen LogP contribution >= 0.6 is 0 Å². The average molecular weight is 317 g/mol. The summed E-state index contributed by atoms with van der Waals surface area (Å²) in [5, 5.41) is 2.50. The molecule has 0 aliphatic carbocycles. The van der Waals surface area contributed by atoms with Crippen LogP contribution in [0.25, 0.3) is 6.08 Å². The van der Waals surface area contributed by atoms with E-state index in [1.807, 2.05) is 0 Å². The fourth-order valence-corrected chi connectivity index (χ4v) is 2.11. The van der Waals surface area contributed by atoms with E-state index in [0.717, 1.165) is 23.8 Å². The molecular weight excluding hydrogens is 304 g/mol. The molecule has 0 bridgehead atoms. The summed E-state index contributed by atoms with van der Waals surface area (Å²) in [6.45, 7) is 0.0933. The highest BCUT2D eigenvalue weighted by Gasteiger charge is 2.12. The van der Waals surface area contributed by atoms with Gasteiger partial charge in [-0.25, -0.2) is 8.78 Å². The van der Waals surface area contributed by atoms with Crippen LogP contribution in [0.15, 0.2) is 42.5 Å². The zero-order valence-corrected chi connectivity index (χ0v) is 12.0. The molecule has 3 rings (SSSR count). The number of rotatable bonds is 4. The topological polar surface area (TPSA) is 47.6 Å². The smallest absolute Gasteiger partial charge is 0.244 e. The van der Waals surface area contributed by atoms with Crippen LogP contribution in [0.4, 0.5) is 8.78 Å². The van der Waals surface area contributed by atoms with Gasteiger partial charge in [-0.15, -0.1) is 0 Å². The molecule has 1 heterocycles. The van der Waals surface area contributed by atoms with Crippen LogP contribution in [0.1, 0.15) is 11.1 Å². The minimum Gasteiger partial charge on any atom is -0.454 e. The number of fused-ring (bicyclic) bond motifs is 1. The van der Waals surface area contributed by atoms with Crippen LogP contribution in [-0.2, 0) is 11.3 Å². The average Bonchev–Trinajstić information content (AvgIpc) is 3.01. The summed E-state index contributed by atoms with van der Waals surface area (Å²) in [7, 11) is 0. The van der Waals surface area contributed by atoms with Crippen molar-refractivity contribution in [3.8, 4) is 11.5 Å². The lowest BCUT2D eigenvalue weighted by Crippen LogP contribution is -2.21. The number of hydrogen-bond donors (Lipinski definition) is 1. The fraction of sp³-hybridized carbons (Fsp3) is 0.118. The molecule has 0 saturated carbocycles. The number of benzene rings is 2. The van der Waals surface area contributed by atoms with Crippen LogP contribution in [0.3, 0.4) is 0 Å². The van der Waals surface area contributed by atoms with E-state index in [4.69, 9.17) is 9.47 Å². The SMILES string of the molecule is O=C(/C=C/c1ccc2c(c1)OCO2)NCc1cc(F)ccc1F. The second-order valence-electron chi connectivity index (χ2n) is 4.90. The van der Waals surface area contributed by atoms with Gasteiger partial charge in [0.1, 0.15) is 11.6 Å². The highest BCUT2D eigenvalue weighted by atomic mass is 19.1. The molecule has 2 aromatic rings. The van der Waals surface area contributed by atoms with Gasteiger partial charge in [0.05, 0.1) is 0 Å². The highest BCUT2D eigenvalue weighted by Crippen LogP contribution is 2.32. The van der Waals surface area contributed by atoms with Crippen LogP contribution in [-0.4, -0.2) is 12.7 Å². The summed E-state index contributed by atoms with van der Waals surface area (Å²) in [5.41, 5.74) is 0.858. The first-order chi connectivity index (χ1) is 11.1. The van der Waals surface area contributed by atoms with E-state index in [2.05, 4.69) is 5.32 Å². The third-order valence-electron chi connectivity index (χ3n) is 3.28. The van der Waals surface area contributed by atoms with Crippen molar-refractivity contribution in [3.63, 3.8) is 0 Å². The first kappa shape index (κ1) is 15.0. The minimum atomic E-state index is -0.563. The molecular formula is C17H13F2NO3. The number of nitrogens with one attached hydrogen (secondary N) is 1. The van der Waals surface area contributed by atoms with Crippen molar-refractivity contribution in [3.05, 3.63) is 65.2 Å². The first-order valence-electron chi connectivity index (χ1n) is 6.91. The molecule has 0 atom stereocenters. The molecule has 0 saturated heterocycles. The Kier molecular flexibility index (Phi) is 4.23. The lowest BCUT2D eigenvalue weighted by molar-refractivity contribution is -0.116. The van der Waals surface area contributed by atoms with Gasteiger partial charge in [-0.1, -0.05) is 6.07 Å². The molecule has 0 unspecified atom stereocenters. The van der Waals surface area contributed by atoms with Crippen molar-refractivity contribution in [2.24, 2.45) is 0 Å². The summed E-state index contributed by atoms with van der Waals surface area (Å²) in [6, 6.07) is 8.39. The van der Waals surface area contributed by atoms with E-state index < -0.39 is 17.5 Å². The Hall–Kier alpha value is -2.89. The highest BCUT2D eigenvalue weighted by molar-refractivity contribution is 5.91. The fourth-order valence-electron chi connectivity index (χ4n) is 2.11. The summed E-state index contributed by atoms with van der Waals surface area (Å²) >= 11 is 0. The van der Waals surface area contributed by atoms with Crippen molar-refractivity contribution in [1.29, 1.82) is 0 Å².